The molecule has 2 heterocycles. The quantitative estimate of drug-likeness (QED) is 0.186. The highest BCUT2D eigenvalue weighted by Crippen LogP contribution is 2.42. The summed E-state index contributed by atoms with van der Waals surface area (Å²) in [5.41, 5.74) is 4.70. The number of amides is 1. The van der Waals surface area contributed by atoms with Crippen LogP contribution in [-0.2, 0) is 17.6 Å². The van der Waals surface area contributed by atoms with E-state index in [1.165, 1.54) is 11.3 Å². The molecule has 4 nitrogen and oxygen atoms in total. The van der Waals surface area contributed by atoms with Gasteiger partial charge in [-0.15, -0.1) is 34.4 Å². The van der Waals surface area contributed by atoms with Crippen molar-refractivity contribution in [3.8, 4) is 27.3 Å². The summed E-state index contributed by atoms with van der Waals surface area (Å²) in [6.45, 7) is 0.489. The summed E-state index contributed by atoms with van der Waals surface area (Å²) in [6, 6.07) is 29.5. The fraction of sp³-hybridized carbons (Fsp3) is 0.0690. The minimum absolute atomic E-state index is 0.367. The number of nitrogens with one attached hydrogen (secondary N) is 1. The van der Waals surface area contributed by atoms with Crippen LogP contribution >= 0.6 is 34.4 Å². The fourth-order valence-electron chi connectivity index (χ4n) is 3.79. The van der Waals surface area contributed by atoms with E-state index >= 15 is 0 Å². The van der Waals surface area contributed by atoms with Gasteiger partial charge in [-0.05, 0) is 70.6 Å². The second-order valence-electron chi connectivity index (χ2n) is 8.01. The van der Waals surface area contributed by atoms with Crippen LogP contribution in [0.5, 0.6) is 5.75 Å². The molecule has 1 N–H and O–H groups in total. The van der Waals surface area contributed by atoms with Crippen LogP contribution in [0.3, 0.4) is 0 Å². The molecule has 1 atom stereocenters. The van der Waals surface area contributed by atoms with Crippen LogP contribution in [0, 0.1) is 0 Å². The lowest BCUT2D eigenvalue weighted by atomic mass is 10.0. The lowest BCUT2D eigenvalue weighted by Crippen LogP contribution is -2.25. The van der Waals surface area contributed by atoms with E-state index in [0.717, 1.165) is 37.8 Å². The third-order valence-electron chi connectivity index (χ3n) is 5.65. The molecule has 0 saturated heterocycles. The molecule has 5 aromatic rings. The van der Waals surface area contributed by atoms with Gasteiger partial charge in [0.2, 0.25) is 0 Å². The van der Waals surface area contributed by atoms with Crippen molar-refractivity contribution in [3.05, 3.63) is 113 Å². The van der Waals surface area contributed by atoms with Crippen molar-refractivity contribution in [2.45, 2.75) is 15.7 Å². The molecule has 8 heteroatoms. The summed E-state index contributed by atoms with van der Waals surface area (Å²) in [5, 5.41) is 3.90. The molecule has 0 saturated carbocycles. The van der Waals surface area contributed by atoms with Crippen LogP contribution in [0.1, 0.15) is 15.9 Å². The smallest absolute Gasteiger partial charge is 0.263 e. The van der Waals surface area contributed by atoms with Gasteiger partial charge >= 0.3 is 0 Å². The second-order valence-corrected chi connectivity index (χ2v) is 12.2. The maximum absolute atomic E-state index is 12.6. The minimum atomic E-state index is -1.56. The van der Waals surface area contributed by atoms with Gasteiger partial charge in [0.25, 0.3) is 5.91 Å². The highest BCUT2D eigenvalue weighted by Gasteiger charge is 2.16. The SMILES string of the molecule is CSc1ccc(OCc2ccccc2)c(-c2ccsc2-c2ccc(C(=O)NS(=O)c3cccs3)cc2)c1. The average molecular weight is 562 g/mol. The molecule has 3 aromatic carbocycles. The largest absolute Gasteiger partial charge is 0.488 e. The van der Waals surface area contributed by atoms with Gasteiger partial charge in [-0.2, -0.15) is 0 Å². The van der Waals surface area contributed by atoms with Crippen molar-refractivity contribution in [2.24, 2.45) is 0 Å². The molecular formula is C29H23NO3S4. The summed E-state index contributed by atoms with van der Waals surface area (Å²) >= 11 is 4.69. The van der Waals surface area contributed by atoms with E-state index in [2.05, 4.69) is 46.7 Å². The summed E-state index contributed by atoms with van der Waals surface area (Å²) in [7, 11) is -1.56. The Morgan fingerprint density at radius 3 is 2.43 bits per heavy atom. The topological polar surface area (TPSA) is 55.4 Å². The number of thioether (sulfide) groups is 1. The molecule has 0 radical (unpaired) electrons. The molecule has 1 amide bonds. The zero-order chi connectivity index (χ0) is 25.6. The van der Waals surface area contributed by atoms with Gasteiger partial charge in [-0.3, -0.25) is 9.52 Å². The molecule has 0 aliphatic rings. The van der Waals surface area contributed by atoms with Crippen molar-refractivity contribution in [3.63, 3.8) is 0 Å². The normalized spacial score (nSPS) is 11.7. The van der Waals surface area contributed by atoms with E-state index in [4.69, 9.17) is 4.74 Å². The van der Waals surface area contributed by atoms with Gasteiger partial charge in [0.15, 0.2) is 11.0 Å². The van der Waals surface area contributed by atoms with E-state index in [0.29, 0.717) is 16.4 Å². The van der Waals surface area contributed by atoms with Gasteiger partial charge in [0, 0.05) is 26.5 Å². The number of carbonyl (C=O) groups excluding carboxylic acids is 1. The van der Waals surface area contributed by atoms with Crippen LogP contribution in [0.15, 0.2) is 111 Å². The molecule has 2 aromatic heterocycles. The lowest BCUT2D eigenvalue weighted by Gasteiger charge is -2.14. The number of thiophene rings is 2. The maximum Gasteiger partial charge on any atom is 0.263 e. The molecule has 0 fully saturated rings. The molecule has 0 aliphatic heterocycles. The minimum Gasteiger partial charge on any atom is -0.488 e. The molecule has 1 unspecified atom stereocenters. The Labute approximate surface area is 230 Å². The van der Waals surface area contributed by atoms with Crippen molar-refractivity contribution in [1.29, 1.82) is 0 Å². The van der Waals surface area contributed by atoms with E-state index in [1.807, 2.05) is 47.8 Å². The van der Waals surface area contributed by atoms with Crippen LogP contribution < -0.4 is 9.46 Å². The number of carbonyl (C=O) groups is 1. The Kier molecular flexibility index (Phi) is 8.21. The van der Waals surface area contributed by atoms with E-state index in [-0.39, 0.29) is 5.91 Å². The van der Waals surface area contributed by atoms with Crippen LogP contribution in [0.25, 0.3) is 21.6 Å². The predicted molar refractivity (Wildman–Crippen MR) is 156 cm³/mol. The monoisotopic (exact) mass is 561 g/mol. The summed E-state index contributed by atoms with van der Waals surface area (Å²) in [4.78, 5) is 14.9. The van der Waals surface area contributed by atoms with Gasteiger partial charge in [-0.25, -0.2) is 4.21 Å². The summed E-state index contributed by atoms with van der Waals surface area (Å²) < 4.78 is 21.8. The predicted octanol–water partition coefficient (Wildman–Crippen LogP) is 7.90. The number of hydrogen-bond acceptors (Lipinski definition) is 6. The number of benzene rings is 3. The van der Waals surface area contributed by atoms with Gasteiger partial charge in [0.1, 0.15) is 16.6 Å². The van der Waals surface area contributed by atoms with Crippen molar-refractivity contribution in [1.82, 2.24) is 4.72 Å². The molecular weight excluding hydrogens is 539 g/mol. The van der Waals surface area contributed by atoms with Crippen molar-refractivity contribution >= 4 is 51.3 Å². The number of rotatable bonds is 9. The third kappa shape index (κ3) is 6.05. The number of ether oxygens (including phenoxy) is 1. The molecule has 37 heavy (non-hydrogen) atoms. The third-order valence-corrected chi connectivity index (χ3v) is 9.62. The Morgan fingerprint density at radius 2 is 1.70 bits per heavy atom. The summed E-state index contributed by atoms with van der Waals surface area (Å²) in [5.74, 6) is 0.460. The molecule has 0 aliphatic carbocycles. The number of hydrogen-bond donors (Lipinski definition) is 1. The Hall–Kier alpha value is -3.17. The zero-order valence-electron chi connectivity index (χ0n) is 19.9. The maximum atomic E-state index is 12.6. The van der Waals surface area contributed by atoms with Crippen LogP contribution in [-0.4, -0.2) is 16.4 Å². The lowest BCUT2D eigenvalue weighted by molar-refractivity contribution is 0.0983. The van der Waals surface area contributed by atoms with Crippen LogP contribution in [0.2, 0.25) is 0 Å². The first-order valence-electron chi connectivity index (χ1n) is 11.4. The molecule has 186 valence electrons. The average Bonchev–Trinajstić information content (AvgIpc) is 3.65. The summed E-state index contributed by atoms with van der Waals surface area (Å²) in [6.07, 6.45) is 2.06. The standard InChI is InChI=1S/C29H23NO3S4/c1-34-23-13-14-26(33-19-20-6-3-2-4-7-20)25(18-23)24-15-17-36-28(24)21-9-11-22(12-10-21)29(31)30-37(32)27-8-5-16-35-27/h2-18H,19H2,1H3,(H,30,31). The van der Waals surface area contributed by atoms with Crippen LogP contribution in [0.4, 0.5) is 0 Å². The van der Waals surface area contributed by atoms with Crippen molar-refractivity contribution in [2.75, 3.05) is 6.26 Å². The Balaban J connectivity index is 1.39. The first-order valence-corrected chi connectivity index (χ1v) is 15.5. The Morgan fingerprint density at radius 1 is 0.892 bits per heavy atom. The van der Waals surface area contributed by atoms with Gasteiger partial charge in [-0.1, -0.05) is 48.5 Å². The van der Waals surface area contributed by atoms with Gasteiger partial charge < -0.3 is 4.74 Å². The fourth-order valence-corrected chi connectivity index (χ4v) is 6.82. The first kappa shape index (κ1) is 25.5. The highest BCUT2D eigenvalue weighted by molar-refractivity contribution is 7.98. The van der Waals surface area contributed by atoms with Crippen molar-refractivity contribution < 1.29 is 13.7 Å². The highest BCUT2D eigenvalue weighted by atomic mass is 32.2. The van der Waals surface area contributed by atoms with E-state index in [9.17, 15) is 9.00 Å². The molecule has 0 bridgehead atoms. The zero-order valence-corrected chi connectivity index (χ0v) is 23.1. The molecule has 0 spiro atoms. The first-order chi connectivity index (χ1) is 18.1. The molecule has 5 rings (SSSR count). The Bertz CT molecular complexity index is 1510. The van der Waals surface area contributed by atoms with E-state index < -0.39 is 11.0 Å². The second kappa shape index (κ2) is 11.9. The van der Waals surface area contributed by atoms with Gasteiger partial charge in [0.05, 0.1) is 0 Å². The van der Waals surface area contributed by atoms with E-state index in [1.54, 1.807) is 41.3 Å².